The molecular formula is C32H46N2Na2O6S2. The van der Waals surface area contributed by atoms with Crippen molar-refractivity contribution in [2.45, 2.75) is 126 Å². The van der Waals surface area contributed by atoms with Gasteiger partial charge < -0.3 is 13.7 Å². The van der Waals surface area contributed by atoms with Crippen LogP contribution in [0.1, 0.15) is 115 Å². The van der Waals surface area contributed by atoms with Gasteiger partial charge in [0.05, 0.1) is 26.0 Å². The van der Waals surface area contributed by atoms with Crippen molar-refractivity contribution in [3.8, 4) is 0 Å². The Bertz CT molecular complexity index is 1450. The molecule has 0 aliphatic rings. The summed E-state index contributed by atoms with van der Waals surface area (Å²) in [6.45, 7) is 2.60. The van der Waals surface area contributed by atoms with E-state index in [1.807, 2.05) is 30.3 Å². The standard InChI is InChI=1S/C32H48N2O6S2.2Na/c1-2-3-4-5-6-7-8-9-10-11-12-13-17-20-28(41(35,36)37)22-24-32-33-30-23-21-29(42(38,39)40)25-31(30)34(32)26-27-18-15-14-16-19-27;;/h14-16,18-19,21,23,25,28H,2-13,17,20,22,24,26H2,1H3,(H,35,36,37)(H,38,39,40);;/q;2*+1/p-2. The largest absolute Gasteiger partial charge is 1.00 e. The van der Waals surface area contributed by atoms with Crippen molar-refractivity contribution in [2.24, 2.45) is 0 Å². The molecule has 12 heteroatoms. The summed E-state index contributed by atoms with van der Waals surface area (Å²) < 4.78 is 73.1. The maximum atomic E-state index is 12.1. The summed E-state index contributed by atoms with van der Waals surface area (Å²) in [5.74, 6) is 0.549. The van der Waals surface area contributed by atoms with Crippen LogP contribution in [0.4, 0.5) is 0 Å². The SMILES string of the molecule is CCCCCCCCCCCCCCCC(CCc1nc2ccc(S(=O)(=O)[O-])cc2n1Cc1ccccc1)S(=O)(=O)[O-].[Na+].[Na+]. The quantitative estimate of drug-likeness (QED) is 0.0954. The first-order valence-electron chi connectivity index (χ1n) is 15.5. The molecule has 0 aliphatic carbocycles. The fourth-order valence-corrected chi connectivity index (χ4v) is 6.91. The molecule has 0 spiro atoms. The number of aromatic nitrogens is 2. The second-order valence-electron chi connectivity index (χ2n) is 11.4. The first-order chi connectivity index (χ1) is 20.1. The second-order valence-corrected chi connectivity index (χ2v) is 14.4. The maximum Gasteiger partial charge on any atom is 1.00 e. The number of hydrogen-bond acceptors (Lipinski definition) is 7. The Morgan fingerprint density at radius 3 is 1.80 bits per heavy atom. The second kappa shape index (κ2) is 21.6. The third-order valence-electron chi connectivity index (χ3n) is 8.00. The zero-order chi connectivity index (χ0) is 30.4. The maximum absolute atomic E-state index is 12.1. The molecule has 2 aromatic carbocycles. The van der Waals surface area contributed by atoms with Gasteiger partial charge in [-0.15, -0.1) is 0 Å². The Hall–Kier alpha value is -0.270. The summed E-state index contributed by atoms with van der Waals surface area (Å²) in [5, 5.41) is -1.01. The molecule has 0 N–H and O–H groups in total. The predicted molar refractivity (Wildman–Crippen MR) is 165 cm³/mol. The van der Waals surface area contributed by atoms with Crippen molar-refractivity contribution in [3.05, 3.63) is 59.9 Å². The van der Waals surface area contributed by atoms with E-state index in [0.29, 0.717) is 36.2 Å². The molecule has 3 aromatic rings. The zero-order valence-electron chi connectivity index (χ0n) is 26.9. The molecule has 0 fully saturated rings. The van der Waals surface area contributed by atoms with Crippen LogP contribution in [-0.2, 0) is 33.2 Å². The molecule has 0 radical (unpaired) electrons. The fourth-order valence-electron chi connectivity index (χ4n) is 5.55. The summed E-state index contributed by atoms with van der Waals surface area (Å²) in [7, 11) is -9.15. The Labute approximate surface area is 309 Å². The first-order valence-corrected chi connectivity index (χ1v) is 18.4. The van der Waals surface area contributed by atoms with Gasteiger partial charge >= 0.3 is 59.1 Å². The van der Waals surface area contributed by atoms with Gasteiger partial charge in [-0.1, -0.05) is 121 Å². The summed E-state index contributed by atoms with van der Waals surface area (Å²) in [6, 6.07) is 13.5. The number of nitrogens with zero attached hydrogens (tertiary/aromatic N) is 2. The minimum absolute atomic E-state index is 0. The molecule has 0 aliphatic heterocycles. The molecule has 1 atom stereocenters. The number of benzene rings is 2. The van der Waals surface area contributed by atoms with Gasteiger partial charge in [-0.05, 0) is 36.6 Å². The van der Waals surface area contributed by atoms with Gasteiger partial charge in [0.15, 0.2) is 0 Å². The van der Waals surface area contributed by atoms with E-state index in [4.69, 9.17) is 0 Å². The molecule has 0 bridgehead atoms. The molecule has 0 amide bonds. The van der Waals surface area contributed by atoms with Crippen molar-refractivity contribution in [1.29, 1.82) is 0 Å². The molecule has 44 heavy (non-hydrogen) atoms. The van der Waals surface area contributed by atoms with E-state index in [0.717, 1.165) is 24.8 Å². The minimum atomic E-state index is -4.66. The summed E-state index contributed by atoms with van der Waals surface area (Å²) in [5.41, 5.74) is 1.92. The van der Waals surface area contributed by atoms with Gasteiger partial charge in [-0.2, -0.15) is 0 Å². The van der Waals surface area contributed by atoms with Crippen LogP contribution in [-0.4, -0.2) is 40.7 Å². The van der Waals surface area contributed by atoms with E-state index in [2.05, 4.69) is 11.9 Å². The van der Waals surface area contributed by atoms with Crippen molar-refractivity contribution in [2.75, 3.05) is 0 Å². The molecule has 0 saturated heterocycles. The zero-order valence-corrected chi connectivity index (χ0v) is 32.5. The van der Waals surface area contributed by atoms with Gasteiger partial charge in [0.1, 0.15) is 15.9 Å². The molecular weight excluding hydrogens is 618 g/mol. The smallest absolute Gasteiger partial charge is 0.748 e. The third-order valence-corrected chi connectivity index (χ3v) is 10.1. The Morgan fingerprint density at radius 2 is 1.27 bits per heavy atom. The van der Waals surface area contributed by atoms with Crippen LogP contribution in [0.15, 0.2) is 53.4 Å². The number of rotatable bonds is 21. The van der Waals surface area contributed by atoms with Crippen molar-refractivity contribution in [1.82, 2.24) is 9.55 Å². The van der Waals surface area contributed by atoms with Crippen LogP contribution in [0.25, 0.3) is 11.0 Å². The molecule has 8 nitrogen and oxygen atoms in total. The molecule has 1 aromatic heterocycles. The van der Waals surface area contributed by atoms with Gasteiger partial charge in [-0.25, -0.2) is 21.8 Å². The van der Waals surface area contributed by atoms with Crippen LogP contribution in [0.5, 0.6) is 0 Å². The average molecular weight is 665 g/mol. The summed E-state index contributed by atoms with van der Waals surface area (Å²) >= 11 is 0. The Kier molecular flexibility index (Phi) is 20.5. The van der Waals surface area contributed by atoms with E-state index >= 15 is 0 Å². The van der Waals surface area contributed by atoms with E-state index in [1.54, 1.807) is 4.57 Å². The van der Waals surface area contributed by atoms with Crippen LogP contribution >= 0.6 is 0 Å². The molecule has 234 valence electrons. The summed E-state index contributed by atoms with van der Waals surface area (Å²) in [6.07, 6.45) is 16.1. The van der Waals surface area contributed by atoms with E-state index in [1.165, 1.54) is 76.0 Å². The van der Waals surface area contributed by atoms with Crippen LogP contribution in [0, 0.1) is 0 Å². The van der Waals surface area contributed by atoms with Gasteiger partial charge in [0.25, 0.3) is 0 Å². The van der Waals surface area contributed by atoms with Crippen molar-refractivity contribution >= 4 is 31.3 Å². The Balaban J connectivity index is 0.00000484. The van der Waals surface area contributed by atoms with Crippen LogP contribution in [0.2, 0.25) is 0 Å². The van der Waals surface area contributed by atoms with Gasteiger partial charge in [-0.3, -0.25) is 0 Å². The first kappa shape index (κ1) is 41.8. The van der Waals surface area contributed by atoms with Gasteiger partial charge in [0.2, 0.25) is 0 Å². The number of aryl methyl sites for hydroxylation is 1. The monoisotopic (exact) mass is 664 g/mol. The van der Waals surface area contributed by atoms with E-state index in [9.17, 15) is 25.9 Å². The molecule has 3 rings (SSSR count). The van der Waals surface area contributed by atoms with Crippen molar-refractivity contribution < 1.29 is 85.1 Å². The Morgan fingerprint density at radius 1 is 0.727 bits per heavy atom. The number of imidazole rings is 1. The summed E-state index contributed by atoms with van der Waals surface area (Å²) in [4.78, 5) is 4.28. The number of fused-ring (bicyclic) bond motifs is 1. The number of unbranched alkanes of at least 4 members (excludes halogenated alkanes) is 12. The molecule has 0 saturated carbocycles. The van der Waals surface area contributed by atoms with E-state index in [-0.39, 0.29) is 76.9 Å². The van der Waals surface area contributed by atoms with E-state index < -0.39 is 25.5 Å². The predicted octanol–water partition coefficient (Wildman–Crippen LogP) is 1.32. The average Bonchev–Trinajstić information content (AvgIpc) is 3.28. The van der Waals surface area contributed by atoms with Crippen LogP contribution in [0.3, 0.4) is 0 Å². The van der Waals surface area contributed by atoms with Crippen LogP contribution < -0.4 is 59.1 Å². The fraction of sp³-hybridized carbons (Fsp3) is 0.594. The number of hydrogen-bond donors (Lipinski definition) is 0. The van der Waals surface area contributed by atoms with Gasteiger partial charge in [0, 0.05) is 18.2 Å². The molecule has 1 unspecified atom stereocenters. The normalized spacial score (nSPS) is 12.5. The molecule has 1 heterocycles. The third kappa shape index (κ3) is 14.7. The van der Waals surface area contributed by atoms with Crippen molar-refractivity contribution in [3.63, 3.8) is 0 Å². The minimum Gasteiger partial charge on any atom is -0.748 e. The topological polar surface area (TPSA) is 132 Å².